The lowest BCUT2D eigenvalue weighted by Gasteiger charge is -2.38. The van der Waals surface area contributed by atoms with Gasteiger partial charge in [-0.3, -0.25) is 0 Å². The number of hydrogen-bond acceptors (Lipinski definition) is 9. The van der Waals surface area contributed by atoms with E-state index < -0.39 is 30.7 Å². The monoisotopic (exact) mass is 396 g/mol. The number of ether oxygens (including phenoxy) is 6. The van der Waals surface area contributed by atoms with Crippen molar-refractivity contribution in [1.29, 1.82) is 0 Å². The summed E-state index contributed by atoms with van der Waals surface area (Å²) in [6.07, 6.45) is -5.33. The van der Waals surface area contributed by atoms with Gasteiger partial charge in [0.15, 0.2) is 6.29 Å². The molecule has 3 unspecified atom stereocenters. The molecule has 1 rings (SSSR count). The quantitative estimate of drug-likeness (QED) is 0.317. The molecule has 9 nitrogen and oxygen atoms in total. The summed E-state index contributed by atoms with van der Waals surface area (Å²) in [4.78, 5) is 0. The normalized spacial score (nSPS) is 28.8. The molecule has 1 heterocycles. The van der Waals surface area contributed by atoms with Gasteiger partial charge in [-0.25, -0.2) is 0 Å². The predicted molar refractivity (Wildman–Crippen MR) is 96.4 cm³/mol. The molecule has 0 aromatic heterocycles. The highest BCUT2D eigenvalue weighted by molar-refractivity contribution is 4.87. The first-order chi connectivity index (χ1) is 12.9. The summed E-state index contributed by atoms with van der Waals surface area (Å²) in [5, 5.41) is 29.1. The molecule has 1 aliphatic heterocycles. The maximum absolute atomic E-state index is 9.80. The van der Waals surface area contributed by atoms with Gasteiger partial charge in [0.2, 0.25) is 0 Å². The first kappa shape index (κ1) is 24.7. The van der Waals surface area contributed by atoms with Crippen LogP contribution in [0.1, 0.15) is 20.8 Å². The van der Waals surface area contributed by atoms with Crippen LogP contribution in [-0.2, 0) is 28.4 Å². The Bertz CT molecular complexity index is 356. The summed E-state index contributed by atoms with van der Waals surface area (Å²) in [6, 6.07) is 0. The van der Waals surface area contributed by atoms with Crippen molar-refractivity contribution >= 4 is 0 Å². The van der Waals surface area contributed by atoms with E-state index in [0.29, 0.717) is 52.2 Å². The van der Waals surface area contributed by atoms with E-state index in [-0.39, 0.29) is 6.61 Å². The Morgan fingerprint density at radius 3 is 1.70 bits per heavy atom. The second-order valence-corrected chi connectivity index (χ2v) is 6.86. The Hall–Kier alpha value is -0.360. The largest absolute Gasteiger partial charge is 0.388 e. The van der Waals surface area contributed by atoms with E-state index in [1.165, 1.54) is 0 Å². The van der Waals surface area contributed by atoms with Crippen LogP contribution >= 0.6 is 0 Å². The summed E-state index contributed by atoms with van der Waals surface area (Å²) in [5.41, 5.74) is 0. The van der Waals surface area contributed by atoms with Gasteiger partial charge in [0.1, 0.15) is 18.3 Å². The first-order valence-electron chi connectivity index (χ1n) is 9.55. The summed E-state index contributed by atoms with van der Waals surface area (Å²) < 4.78 is 32.2. The molecule has 1 aliphatic rings. The zero-order valence-electron chi connectivity index (χ0n) is 16.6. The molecule has 27 heavy (non-hydrogen) atoms. The van der Waals surface area contributed by atoms with Gasteiger partial charge in [0.05, 0.1) is 59.0 Å². The van der Waals surface area contributed by atoms with Crippen LogP contribution in [0.3, 0.4) is 0 Å². The van der Waals surface area contributed by atoms with Crippen molar-refractivity contribution in [2.45, 2.75) is 51.5 Å². The minimum atomic E-state index is -1.30. The van der Waals surface area contributed by atoms with Crippen LogP contribution < -0.4 is 0 Å². The third kappa shape index (κ3) is 10.7. The highest BCUT2D eigenvalue weighted by Gasteiger charge is 2.42. The topological polar surface area (TPSA) is 116 Å². The van der Waals surface area contributed by atoms with Crippen LogP contribution in [0.2, 0.25) is 0 Å². The maximum Gasteiger partial charge on any atom is 0.186 e. The summed E-state index contributed by atoms with van der Waals surface area (Å²) in [6.45, 7) is 10.0. The molecule has 0 spiro atoms. The van der Waals surface area contributed by atoms with Gasteiger partial charge in [0.25, 0.3) is 0 Å². The molecule has 0 amide bonds. The van der Waals surface area contributed by atoms with Crippen LogP contribution in [0, 0.1) is 5.92 Å². The van der Waals surface area contributed by atoms with E-state index in [4.69, 9.17) is 28.4 Å². The minimum absolute atomic E-state index is 0.191. The summed E-state index contributed by atoms with van der Waals surface area (Å²) in [5.74, 6) is 0.530. The second kappa shape index (κ2) is 14.6. The van der Waals surface area contributed by atoms with Crippen LogP contribution in [0.15, 0.2) is 0 Å². The Labute approximate surface area is 161 Å². The average molecular weight is 396 g/mol. The fourth-order valence-electron chi connectivity index (χ4n) is 2.35. The summed E-state index contributed by atoms with van der Waals surface area (Å²) in [7, 11) is 0. The van der Waals surface area contributed by atoms with Crippen LogP contribution in [-0.4, -0.2) is 105 Å². The van der Waals surface area contributed by atoms with Crippen molar-refractivity contribution < 1.29 is 43.7 Å². The molecule has 3 N–H and O–H groups in total. The smallest absolute Gasteiger partial charge is 0.186 e. The second-order valence-electron chi connectivity index (χ2n) is 6.86. The maximum atomic E-state index is 9.80. The molecule has 0 aromatic carbocycles. The lowest BCUT2D eigenvalue weighted by molar-refractivity contribution is -0.294. The Morgan fingerprint density at radius 1 is 0.704 bits per heavy atom. The fourth-order valence-corrected chi connectivity index (χ4v) is 2.35. The Balaban J connectivity index is 1.87. The van der Waals surface area contributed by atoms with E-state index in [1.54, 1.807) is 6.92 Å². The van der Waals surface area contributed by atoms with Gasteiger partial charge >= 0.3 is 0 Å². The van der Waals surface area contributed by atoms with Gasteiger partial charge in [0, 0.05) is 6.61 Å². The van der Waals surface area contributed by atoms with E-state index in [9.17, 15) is 15.3 Å². The van der Waals surface area contributed by atoms with Gasteiger partial charge in [-0.15, -0.1) is 0 Å². The third-order valence-corrected chi connectivity index (χ3v) is 3.89. The molecular weight excluding hydrogens is 360 g/mol. The van der Waals surface area contributed by atoms with Crippen molar-refractivity contribution in [3.63, 3.8) is 0 Å². The molecule has 162 valence electrons. The predicted octanol–water partition coefficient (Wildman–Crippen LogP) is -0.447. The van der Waals surface area contributed by atoms with E-state index >= 15 is 0 Å². The van der Waals surface area contributed by atoms with Crippen LogP contribution in [0.4, 0.5) is 0 Å². The molecule has 0 aliphatic carbocycles. The number of aliphatic hydroxyl groups excluding tert-OH is 3. The molecule has 0 radical (unpaired) electrons. The fraction of sp³-hybridized carbons (Fsp3) is 1.00. The van der Waals surface area contributed by atoms with E-state index in [0.717, 1.165) is 6.61 Å². The number of hydrogen-bond donors (Lipinski definition) is 3. The van der Waals surface area contributed by atoms with Gasteiger partial charge in [-0.1, -0.05) is 13.8 Å². The molecule has 9 heteroatoms. The highest BCUT2D eigenvalue weighted by atomic mass is 16.7. The molecule has 1 saturated heterocycles. The van der Waals surface area contributed by atoms with Gasteiger partial charge in [-0.05, 0) is 12.8 Å². The standard InChI is InChI=1S/C18H36O9/c1-13(2)12-25-9-8-23-5-4-22-6-7-24-10-11-26-18-17(21)16(20)15(19)14(3)27-18/h13-21H,4-12H2,1-3H3/t14-,15?,16?,17?,18+/m0/s1. The summed E-state index contributed by atoms with van der Waals surface area (Å²) >= 11 is 0. The molecule has 0 saturated carbocycles. The Kier molecular flexibility index (Phi) is 13.4. The number of rotatable bonds is 15. The lowest BCUT2D eigenvalue weighted by Crippen LogP contribution is -2.57. The van der Waals surface area contributed by atoms with Crippen LogP contribution in [0.5, 0.6) is 0 Å². The van der Waals surface area contributed by atoms with Crippen molar-refractivity contribution in [1.82, 2.24) is 0 Å². The zero-order chi connectivity index (χ0) is 20.1. The van der Waals surface area contributed by atoms with Crippen molar-refractivity contribution in [2.24, 2.45) is 5.92 Å². The van der Waals surface area contributed by atoms with Gasteiger partial charge in [-0.2, -0.15) is 0 Å². The SMILES string of the molecule is CC(C)COCCOCCOCCOCCO[C@@H]1O[C@@H](C)C(O)C(O)C1O. The Morgan fingerprint density at radius 2 is 1.19 bits per heavy atom. The van der Waals surface area contributed by atoms with Crippen molar-refractivity contribution in [3.8, 4) is 0 Å². The molecule has 1 fully saturated rings. The molecule has 5 atom stereocenters. The highest BCUT2D eigenvalue weighted by Crippen LogP contribution is 2.21. The third-order valence-electron chi connectivity index (χ3n) is 3.89. The zero-order valence-corrected chi connectivity index (χ0v) is 16.6. The van der Waals surface area contributed by atoms with E-state index in [1.807, 2.05) is 0 Å². The number of aliphatic hydroxyl groups is 3. The lowest BCUT2D eigenvalue weighted by atomic mass is 10.0. The molecule has 0 bridgehead atoms. The van der Waals surface area contributed by atoms with Crippen molar-refractivity contribution in [2.75, 3.05) is 59.5 Å². The van der Waals surface area contributed by atoms with E-state index in [2.05, 4.69) is 13.8 Å². The molecule has 0 aromatic rings. The molecular formula is C18H36O9. The minimum Gasteiger partial charge on any atom is -0.388 e. The first-order valence-corrected chi connectivity index (χ1v) is 9.55. The van der Waals surface area contributed by atoms with Crippen LogP contribution in [0.25, 0.3) is 0 Å². The van der Waals surface area contributed by atoms with Crippen molar-refractivity contribution in [3.05, 3.63) is 0 Å². The van der Waals surface area contributed by atoms with Gasteiger partial charge < -0.3 is 43.7 Å². The average Bonchev–Trinajstić information content (AvgIpc) is 2.63.